The Morgan fingerprint density at radius 3 is 2.80 bits per heavy atom. The number of aryl methyl sites for hydroxylation is 2. The fourth-order valence-corrected chi connectivity index (χ4v) is 3.90. The minimum atomic E-state index is 0.490. The number of allylic oxidation sites excluding steroid dienone is 1. The maximum atomic E-state index is 5.78. The van der Waals surface area contributed by atoms with Gasteiger partial charge in [0.15, 0.2) is 5.16 Å². The van der Waals surface area contributed by atoms with Crippen molar-refractivity contribution in [2.45, 2.75) is 37.9 Å². The Bertz CT molecular complexity index is 839. The number of hydrogen-bond acceptors (Lipinski definition) is 6. The summed E-state index contributed by atoms with van der Waals surface area (Å²) in [5.41, 5.74) is 2.25. The third-order valence-corrected chi connectivity index (χ3v) is 5.42. The second kappa shape index (κ2) is 8.31. The van der Waals surface area contributed by atoms with Gasteiger partial charge in [0.1, 0.15) is 23.2 Å². The highest BCUT2D eigenvalue weighted by Crippen LogP contribution is 2.23. The fraction of sp³-hybridized carbons (Fsp3) is 0.278. The maximum absolute atomic E-state index is 5.78. The van der Waals surface area contributed by atoms with Crippen molar-refractivity contribution in [1.82, 2.24) is 19.7 Å². The van der Waals surface area contributed by atoms with Crippen LogP contribution in [0.2, 0.25) is 0 Å². The Labute approximate surface area is 155 Å². The Morgan fingerprint density at radius 2 is 2.04 bits per heavy atom. The predicted octanol–water partition coefficient (Wildman–Crippen LogP) is 4.41. The number of hydrogen-bond donors (Lipinski definition) is 0. The topological polar surface area (TPSA) is 52.8 Å². The van der Waals surface area contributed by atoms with Crippen molar-refractivity contribution in [2.24, 2.45) is 0 Å². The van der Waals surface area contributed by atoms with Crippen LogP contribution in [0.15, 0.2) is 47.5 Å². The Balaban J connectivity index is 1.55. The zero-order chi connectivity index (χ0) is 17.6. The minimum Gasteiger partial charge on any atom is -0.486 e. The molecule has 130 valence electrons. The molecular weight excluding hydrogens is 352 g/mol. The molecule has 2 aromatic heterocycles. The average Bonchev–Trinajstić information content (AvgIpc) is 3.20. The first kappa shape index (κ1) is 17.7. The van der Waals surface area contributed by atoms with Crippen LogP contribution in [0.25, 0.3) is 0 Å². The van der Waals surface area contributed by atoms with E-state index < -0.39 is 0 Å². The minimum absolute atomic E-state index is 0.490. The normalized spacial score (nSPS) is 10.8. The predicted molar refractivity (Wildman–Crippen MR) is 102 cm³/mol. The van der Waals surface area contributed by atoms with Crippen LogP contribution in [0.5, 0.6) is 5.75 Å². The standard InChI is InChI=1S/C18H20N4OS2/c1-4-9-22-14(3)20-21-18(22)25-12-15-11-24-17(19-15)10-23-16-7-5-13(2)6-8-16/h4-8,11H,1,9-10,12H2,2-3H3. The van der Waals surface area contributed by atoms with Gasteiger partial charge < -0.3 is 9.30 Å². The fourth-order valence-electron chi connectivity index (χ4n) is 2.21. The number of aromatic nitrogens is 4. The third kappa shape index (κ3) is 4.70. The summed E-state index contributed by atoms with van der Waals surface area (Å²) in [6, 6.07) is 8.05. The van der Waals surface area contributed by atoms with Crippen LogP contribution in [0.3, 0.4) is 0 Å². The van der Waals surface area contributed by atoms with E-state index in [1.54, 1.807) is 23.1 Å². The molecule has 0 aliphatic rings. The van der Waals surface area contributed by atoms with E-state index in [0.717, 1.165) is 33.2 Å². The van der Waals surface area contributed by atoms with Crippen LogP contribution >= 0.6 is 23.1 Å². The van der Waals surface area contributed by atoms with E-state index in [-0.39, 0.29) is 0 Å². The molecule has 25 heavy (non-hydrogen) atoms. The van der Waals surface area contributed by atoms with Crippen molar-refractivity contribution in [3.05, 3.63) is 64.4 Å². The first-order valence-corrected chi connectivity index (χ1v) is 9.78. The molecule has 0 fully saturated rings. The maximum Gasteiger partial charge on any atom is 0.191 e. The Morgan fingerprint density at radius 1 is 1.24 bits per heavy atom. The molecular formula is C18H20N4OS2. The Kier molecular flexibility index (Phi) is 5.88. The van der Waals surface area contributed by atoms with Crippen LogP contribution in [0.4, 0.5) is 0 Å². The molecule has 0 atom stereocenters. The molecule has 0 amide bonds. The van der Waals surface area contributed by atoms with Crippen LogP contribution in [-0.2, 0) is 18.9 Å². The Hall–Kier alpha value is -2.12. The van der Waals surface area contributed by atoms with E-state index >= 15 is 0 Å². The van der Waals surface area contributed by atoms with Crippen molar-refractivity contribution in [1.29, 1.82) is 0 Å². The highest BCUT2D eigenvalue weighted by molar-refractivity contribution is 7.98. The average molecular weight is 373 g/mol. The molecule has 0 aliphatic heterocycles. The molecule has 3 rings (SSSR count). The molecule has 0 N–H and O–H groups in total. The first-order valence-electron chi connectivity index (χ1n) is 7.92. The summed E-state index contributed by atoms with van der Waals surface area (Å²) < 4.78 is 7.83. The summed E-state index contributed by atoms with van der Waals surface area (Å²) in [6.45, 7) is 9.00. The highest BCUT2D eigenvalue weighted by Gasteiger charge is 2.10. The number of nitrogens with zero attached hydrogens (tertiary/aromatic N) is 4. The third-order valence-electron chi connectivity index (χ3n) is 3.55. The molecule has 0 bridgehead atoms. The molecule has 1 aromatic carbocycles. The second-order valence-electron chi connectivity index (χ2n) is 5.55. The van der Waals surface area contributed by atoms with Crippen molar-refractivity contribution in [2.75, 3.05) is 0 Å². The van der Waals surface area contributed by atoms with Gasteiger partial charge in [-0.3, -0.25) is 0 Å². The van der Waals surface area contributed by atoms with Gasteiger partial charge in [-0.05, 0) is 26.0 Å². The molecule has 0 saturated heterocycles. The van der Waals surface area contributed by atoms with Crippen LogP contribution < -0.4 is 4.74 Å². The van der Waals surface area contributed by atoms with E-state index in [1.807, 2.05) is 41.8 Å². The molecule has 7 heteroatoms. The summed E-state index contributed by atoms with van der Waals surface area (Å²) in [7, 11) is 0. The number of ether oxygens (including phenoxy) is 1. The molecule has 0 aliphatic carbocycles. The lowest BCUT2D eigenvalue weighted by molar-refractivity contribution is 0.305. The van der Waals surface area contributed by atoms with Gasteiger partial charge >= 0.3 is 0 Å². The van der Waals surface area contributed by atoms with Gasteiger partial charge in [0.2, 0.25) is 0 Å². The monoisotopic (exact) mass is 372 g/mol. The molecule has 0 spiro atoms. The number of benzene rings is 1. The van der Waals surface area contributed by atoms with Crippen LogP contribution in [0.1, 0.15) is 22.1 Å². The lowest BCUT2D eigenvalue weighted by Crippen LogP contribution is -2.00. The summed E-state index contributed by atoms with van der Waals surface area (Å²) in [4.78, 5) is 4.64. The van der Waals surface area contributed by atoms with Crippen molar-refractivity contribution in [3.63, 3.8) is 0 Å². The molecule has 2 heterocycles. The van der Waals surface area contributed by atoms with Gasteiger partial charge in [-0.15, -0.1) is 28.1 Å². The van der Waals surface area contributed by atoms with E-state index in [2.05, 4.69) is 34.1 Å². The summed E-state index contributed by atoms with van der Waals surface area (Å²) in [5.74, 6) is 2.52. The quantitative estimate of drug-likeness (QED) is 0.433. The van der Waals surface area contributed by atoms with Crippen molar-refractivity contribution in [3.8, 4) is 5.75 Å². The molecule has 0 radical (unpaired) electrons. The molecule has 0 unspecified atom stereocenters. The number of thioether (sulfide) groups is 1. The van der Waals surface area contributed by atoms with Gasteiger partial charge in [0.25, 0.3) is 0 Å². The van der Waals surface area contributed by atoms with Crippen LogP contribution in [0, 0.1) is 13.8 Å². The van der Waals surface area contributed by atoms with E-state index in [0.29, 0.717) is 13.2 Å². The lowest BCUT2D eigenvalue weighted by Gasteiger charge is -2.04. The second-order valence-corrected chi connectivity index (χ2v) is 7.44. The molecule has 3 aromatic rings. The van der Waals surface area contributed by atoms with Gasteiger partial charge in [-0.1, -0.05) is 35.5 Å². The summed E-state index contributed by atoms with van der Waals surface area (Å²) in [6.07, 6.45) is 1.85. The summed E-state index contributed by atoms with van der Waals surface area (Å²) >= 11 is 3.25. The highest BCUT2D eigenvalue weighted by atomic mass is 32.2. The van der Waals surface area contributed by atoms with E-state index in [4.69, 9.17) is 4.74 Å². The zero-order valence-corrected chi connectivity index (χ0v) is 15.9. The number of rotatable bonds is 8. The van der Waals surface area contributed by atoms with E-state index in [1.165, 1.54) is 5.56 Å². The van der Waals surface area contributed by atoms with E-state index in [9.17, 15) is 0 Å². The van der Waals surface area contributed by atoms with Gasteiger partial charge in [0, 0.05) is 17.7 Å². The van der Waals surface area contributed by atoms with Crippen molar-refractivity contribution >= 4 is 23.1 Å². The summed E-state index contributed by atoms with van der Waals surface area (Å²) in [5, 5.41) is 12.3. The van der Waals surface area contributed by atoms with Gasteiger partial charge in [-0.2, -0.15) is 0 Å². The smallest absolute Gasteiger partial charge is 0.191 e. The SMILES string of the molecule is C=CCn1c(C)nnc1SCc1csc(COc2ccc(C)cc2)n1. The molecule has 5 nitrogen and oxygen atoms in total. The van der Waals surface area contributed by atoms with Crippen molar-refractivity contribution < 1.29 is 4.74 Å². The number of thiazole rings is 1. The van der Waals surface area contributed by atoms with Crippen LogP contribution in [-0.4, -0.2) is 19.7 Å². The zero-order valence-electron chi connectivity index (χ0n) is 14.3. The van der Waals surface area contributed by atoms with Gasteiger partial charge in [0.05, 0.1) is 5.69 Å². The largest absolute Gasteiger partial charge is 0.486 e. The first-order chi connectivity index (χ1) is 12.2. The lowest BCUT2D eigenvalue weighted by atomic mass is 10.2. The van der Waals surface area contributed by atoms with Gasteiger partial charge in [-0.25, -0.2) is 4.98 Å². The molecule has 0 saturated carbocycles.